The number of amides is 2. The van der Waals surface area contributed by atoms with E-state index in [0.29, 0.717) is 18.3 Å². The second-order valence-corrected chi connectivity index (χ2v) is 9.00. The molecule has 0 bridgehead atoms. The standard InChI is InChI=1S/C20H26ClN5O2S/c1-11-15(3-4-18(22)25-11)9-24-19(27)12(2)26-20(28)16-6-13(8-23-16)5-14-7-17(21)29-10-14/h3-4,7,10,12-13,16,23H,5-6,8-9H2,1-2H3,(H2,22,25)(H,24,27)(H,26,28)/t12-,13?,16+/m0/s1. The largest absolute Gasteiger partial charge is 0.384 e. The minimum Gasteiger partial charge on any atom is -0.384 e. The maximum absolute atomic E-state index is 12.5. The number of thiophene rings is 1. The maximum Gasteiger partial charge on any atom is 0.242 e. The van der Waals surface area contributed by atoms with Crippen LogP contribution in [0.1, 0.15) is 30.2 Å². The highest BCUT2D eigenvalue weighted by Crippen LogP contribution is 2.25. The van der Waals surface area contributed by atoms with E-state index in [2.05, 4.69) is 26.3 Å². The van der Waals surface area contributed by atoms with Crippen molar-refractivity contribution in [3.05, 3.63) is 44.7 Å². The van der Waals surface area contributed by atoms with Crippen molar-refractivity contribution in [1.29, 1.82) is 0 Å². The van der Waals surface area contributed by atoms with Gasteiger partial charge in [-0.15, -0.1) is 11.3 Å². The van der Waals surface area contributed by atoms with Crippen LogP contribution < -0.4 is 21.7 Å². The van der Waals surface area contributed by atoms with Gasteiger partial charge in [0, 0.05) is 12.2 Å². The van der Waals surface area contributed by atoms with Gasteiger partial charge in [-0.1, -0.05) is 17.7 Å². The molecule has 3 rings (SSSR count). The Morgan fingerprint density at radius 1 is 1.45 bits per heavy atom. The Kier molecular flexibility index (Phi) is 7.10. The van der Waals surface area contributed by atoms with Gasteiger partial charge in [0.25, 0.3) is 0 Å². The molecule has 0 aliphatic carbocycles. The number of aromatic nitrogens is 1. The maximum atomic E-state index is 12.5. The average molecular weight is 436 g/mol. The number of pyridine rings is 1. The molecular weight excluding hydrogens is 410 g/mol. The molecule has 3 atom stereocenters. The molecule has 3 heterocycles. The monoisotopic (exact) mass is 435 g/mol. The van der Waals surface area contributed by atoms with Crippen LogP contribution in [0.4, 0.5) is 5.82 Å². The van der Waals surface area contributed by atoms with Gasteiger partial charge in [-0.2, -0.15) is 0 Å². The van der Waals surface area contributed by atoms with Gasteiger partial charge in [-0.25, -0.2) is 4.98 Å². The highest BCUT2D eigenvalue weighted by molar-refractivity contribution is 7.14. The number of nitrogens with one attached hydrogen (secondary N) is 3. The number of carbonyl (C=O) groups is 2. The van der Waals surface area contributed by atoms with Gasteiger partial charge in [0.15, 0.2) is 0 Å². The summed E-state index contributed by atoms with van der Waals surface area (Å²) in [6.45, 7) is 4.64. The molecule has 0 aromatic carbocycles. The highest BCUT2D eigenvalue weighted by Gasteiger charge is 2.31. The number of nitrogens with two attached hydrogens (primary N) is 1. The number of halogens is 1. The molecule has 5 N–H and O–H groups in total. The fourth-order valence-electron chi connectivity index (χ4n) is 3.46. The van der Waals surface area contributed by atoms with Gasteiger partial charge < -0.3 is 21.7 Å². The predicted molar refractivity (Wildman–Crippen MR) is 116 cm³/mol. The minimum absolute atomic E-state index is 0.149. The quantitative estimate of drug-likeness (QED) is 0.532. The second kappa shape index (κ2) is 9.56. The number of hydrogen-bond donors (Lipinski definition) is 4. The molecule has 0 saturated carbocycles. The van der Waals surface area contributed by atoms with E-state index in [1.54, 1.807) is 13.0 Å². The van der Waals surface area contributed by atoms with Crippen molar-refractivity contribution in [3.63, 3.8) is 0 Å². The lowest BCUT2D eigenvalue weighted by Gasteiger charge is -2.17. The summed E-state index contributed by atoms with van der Waals surface area (Å²) in [4.78, 5) is 29.1. The van der Waals surface area contributed by atoms with Crippen molar-refractivity contribution in [3.8, 4) is 0 Å². The SMILES string of the molecule is Cc1nc(N)ccc1CNC(=O)[C@H](C)NC(=O)[C@H]1CC(Cc2csc(Cl)c2)CN1. The van der Waals surface area contributed by atoms with Crippen molar-refractivity contribution >= 4 is 40.6 Å². The molecule has 9 heteroatoms. The molecular formula is C20H26ClN5O2S. The van der Waals surface area contributed by atoms with Crippen molar-refractivity contribution in [2.45, 2.75) is 45.3 Å². The normalized spacial score (nSPS) is 19.7. The smallest absolute Gasteiger partial charge is 0.242 e. The first-order valence-corrected chi connectivity index (χ1v) is 10.8. The third kappa shape index (κ3) is 5.91. The summed E-state index contributed by atoms with van der Waals surface area (Å²) >= 11 is 7.51. The van der Waals surface area contributed by atoms with Crippen LogP contribution >= 0.6 is 22.9 Å². The molecule has 7 nitrogen and oxygen atoms in total. The van der Waals surface area contributed by atoms with Gasteiger partial charge >= 0.3 is 0 Å². The summed E-state index contributed by atoms with van der Waals surface area (Å²) in [5.74, 6) is 0.435. The van der Waals surface area contributed by atoms with E-state index < -0.39 is 6.04 Å². The lowest BCUT2D eigenvalue weighted by molar-refractivity contribution is -0.129. The summed E-state index contributed by atoms with van der Waals surface area (Å²) in [5, 5.41) is 10.9. The Hall–Kier alpha value is -2.16. The molecule has 0 spiro atoms. The lowest BCUT2D eigenvalue weighted by Crippen LogP contribution is -2.50. The fraction of sp³-hybridized carbons (Fsp3) is 0.450. The van der Waals surface area contributed by atoms with Crippen LogP contribution in [0.5, 0.6) is 0 Å². The van der Waals surface area contributed by atoms with E-state index >= 15 is 0 Å². The van der Waals surface area contributed by atoms with Gasteiger partial charge in [0.2, 0.25) is 11.8 Å². The summed E-state index contributed by atoms with van der Waals surface area (Å²) in [7, 11) is 0. The summed E-state index contributed by atoms with van der Waals surface area (Å²) in [5.41, 5.74) is 8.51. The number of nitrogen functional groups attached to an aromatic ring is 1. The Bertz CT molecular complexity index is 888. The number of rotatable bonds is 7. The number of anilines is 1. The van der Waals surface area contributed by atoms with Gasteiger partial charge in [-0.3, -0.25) is 9.59 Å². The molecule has 0 radical (unpaired) electrons. The van der Waals surface area contributed by atoms with Crippen LogP contribution in [0.25, 0.3) is 0 Å². The number of nitrogens with zero attached hydrogens (tertiary/aromatic N) is 1. The molecule has 1 saturated heterocycles. The number of carbonyl (C=O) groups excluding carboxylic acids is 2. The molecule has 156 valence electrons. The van der Waals surface area contributed by atoms with Crippen LogP contribution in [0, 0.1) is 12.8 Å². The van der Waals surface area contributed by atoms with Crippen LogP contribution in [-0.2, 0) is 22.6 Å². The molecule has 29 heavy (non-hydrogen) atoms. The molecule has 2 aromatic rings. The molecule has 1 aliphatic rings. The van der Waals surface area contributed by atoms with Gasteiger partial charge in [0.1, 0.15) is 11.9 Å². The van der Waals surface area contributed by atoms with E-state index in [1.807, 2.05) is 19.1 Å². The first-order valence-electron chi connectivity index (χ1n) is 9.58. The summed E-state index contributed by atoms with van der Waals surface area (Å²) in [6, 6.07) is 4.61. The highest BCUT2D eigenvalue weighted by atomic mass is 35.5. The first-order chi connectivity index (χ1) is 13.8. The van der Waals surface area contributed by atoms with E-state index in [4.69, 9.17) is 17.3 Å². The zero-order chi connectivity index (χ0) is 21.0. The van der Waals surface area contributed by atoms with Crippen molar-refractivity contribution in [1.82, 2.24) is 20.9 Å². The van der Waals surface area contributed by atoms with E-state index in [0.717, 1.165) is 35.0 Å². The Labute approximate surface area is 179 Å². The van der Waals surface area contributed by atoms with Crippen LogP contribution in [0.3, 0.4) is 0 Å². The second-order valence-electron chi connectivity index (χ2n) is 7.45. The zero-order valence-electron chi connectivity index (χ0n) is 16.5. The first kappa shape index (κ1) is 21.5. The van der Waals surface area contributed by atoms with Crippen LogP contribution in [-0.4, -0.2) is 35.4 Å². The summed E-state index contributed by atoms with van der Waals surface area (Å²) < 4.78 is 0.782. The van der Waals surface area contributed by atoms with Gasteiger partial charge in [-0.05, 0) is 67.8 Å². The average Bonchev–Trinajstić information content (AvgIpc) is 3.30. The van der Waals surface area contributed by atoms with Crippen LogP contribution in [0.2, 0.25) is 4.34 Å². The minimum atomic E-state index is -0.624. The summed E-state index contributed by atoms with van der Waals surface area (Å²) in [6.07, 6.45) is 1.63. The van der Waals surface area contributed by atoms with E-state index in [-0.39, 0.29) is 17.9 Å². The van der Waals surface area contributed by atoms with Crippen molar-refractivity contribution in [2.75, 3.05) is 12.3 Å². The van der Waals surface area contributed by atoms with Gasteiger partial charge in [0.05, 0.1) is 10.4 Å². The Morgan fingerprint density at radius 3 is 2.93 bits per heavy atom. The molecule has 1 fully saturated rings. The lowest BCUT2D eigenvalue weighted by atomic mass is 9.98. The molecule has 2 amide bonds. The zero-order valence-corrected chi connectivity index (χ0v) is 18.1. The Morgan fingerprint density at radius 2 is 2.24 bits per heavy atom. The third-order valence-corrected chi connectivity index (χ3v) is 6.25. The Balaban J connectivity index is 1.44. The topological polar surface area (TPSA) is 109 Å². The number of hydrogen-bond acceptors (Lipinski definition) is 6. The van der Waals surface area contributed by atoms with E-state index in [1.165, 1.54) is 16.9 Å². The predicted octanol–water partition coefficient (Wildman–Crippen LogP) is 2.03. The third-order valence-electron chi connectivity index (χ3n) is 5.11. The fourth-order valence-corrected chi connectivity index (χ4v) is 4.38. The van der Waals surface area contributed by atoms with Crippen LogP contribution in [0.15, 0.2) is 23.6 Å². The molecule has 1 aliphatic heterocycles. The van der Waals surface area contributed by atoms with Crippen molar-refractivity contribution < 1.29 is 9.59 Å². The number of aryl methyl sites for hydroxylation is 1. The van der Waals surface area contributed by atoms with Crippen molar-refractivity contribution in [2.24, 2.45) is 5.92 Å². The molecule has 2 aromatic heterocycles. The van der Waals surface area contributed by atoms with E-state index in [9.17, 15) is 9.59 Å². The molecule has 1 unspecified atom stereocenters.